The molecule has 2 heterocycles. The zero-order chi connectivity index (χ0) is 18.4. The molecule has 26 heavy (non-hydrogen) atoms. The second kappa shape index (κ2) is 7.91. The van der Waals surface area contributed by atoms with E-state index in [0.717, 1.165) is 5.56 Å². The smallest absolute Gasteiger partial charge is 0.267 e. The van der Waals surface area contributed by atoms with Crippen LogP contribution in [0.5, 0.6) is 0 Å². The van der Waals surface area contributed by atoms with Gasteiger partial charge in [0.1, 0.15) is 5.71 Å². The summed E-state index contributed by atoms with van der Waals surface area (Å²) in [6.07, 6.45) is 7.86. The fourth-order valence-electron chi connectivity index (χ4n) is 2.79. The molecule has 0 aromatic heterocycles. The zero-order valence-electron chi connectivity index (χ0n) is 14.5. The van der Waals surface area contributed by atoms with Gasteiger partial charge in [-0.3, -0.25) is 9.59 Å². The van der Waals surface area contributed by atoms with Crippen LogP contribution in [0, 0.1) is 12.3 Å². The molecule has 7 heteroatoms. The Bertz CT molecular complexity index is 773. The molecule has 0 atom stereocenters. The topological polar surface area (TPSA) is 86.5 Å². The Morgan fingerprint density at radius 1 is 1.23 bits per heavy atom. The lowest BCUT2D eigenvalue weighted by molar-refractivity contribution is -0.132. The Balaban J connectivity index is 1.52. The molecule has 2 aliphatic rings. The van der Waals surface area contributed by atoms with Crippen molar-refractivity contribution in [3.05, 3.63) is 35.9 Å². The second-order valence-electron chi connectivity index (χ2n) is 6.38. The molecule has 2 amide bonds. The predicted octanol–water partition coefficient (Wildman–Crippen LogP) is 2.25. The van der Waals surface area contributed by atoms with Crippen LogP contribution >= 0.6 is 0 Å². The lowest BCUT2D eigenvalue weighted by atomic mass is 10.0. The van der Waals surface area contributed by atoms with Gasteiger partial charge in [0, 0.05) is 38.6 Å². The first-order valence-electron chi connectivity index (χ1n) is 8.69. The van der Waals surface area contributed by atoms with Gasteiger partial charge in [-0.05, 0) is 5.56 Å². The molecule has 0 bridgehead atoms. The van der Waals surface area contributed by atoms with Crippen molar-refractivity contribution in [2.45, 2.75) is 44.3 Å². The average molecular weight is 351 g/mol. The molecule has 0 fully saturated rings. The van der Waals surface area contributed by atoms with Crippen LogP contribution in [-0.2, 0) is 16.1 Å². The average Bonchev–Trinajstić information content (AvgIpc) is 3.42. The first-order chi connectivity index (χ1) is 12.6. The highest BCUT2D eigenvalue weighted by Gasteiger charge is 2.38. The van der Waals surface area contributed by atoms with Crippen LogP contribution in [0.25, 0.3) is 0 Å². The molecule has 0 saturated carbocycles. The Labute approximate surface area is 152 Å². The normalized spacial score (nSPS) is 17.4. The number of terminal acetylenes is 1. The summed E-state index contributed by atoms with van der Waals surface area (Å²) in [5.41, 5.74) is 0.935. The maximum absolute atomic E-state index is 12.3. The van der Waals surface area contributed by atoms with Crippen LogP contribution < -0.4 is 5.32 Å². The van der Waals surface area contributed by atoms with E-state index in [-0.39, 0.29) is 18.2 Å². The number of carbonyl (C=O) groups excluding carboxylic acids is 2. The van der Waals surface area contributed by atoms with Crippen molar-refractivity contribution in [2.24, 2.45) is 15.3 Å². The van der Waals surface area contributed by atoms with E-state index < -0.39 is 5.66 Å². The van der Waals surface area contributed by atoms with E-state index in [2.05, 4.69) is 26.6 Å². The van der Waals surface area contributed by atoms with Crippen LogP contribution in [0.2, 0.25) is 0 Å². The van der Waals surface area contributed by atoms with E-state index in [0.29, 0.717) is 44.5 Å². The highest BCUT2D eigenvalue weighted by molar-refractivity contribution is 6.39. The minimum absolute atomic E-state index is 0.0748. The van der Waals surface area contributed by atoms with Gasteiger partial charge in [0.25, 0.3) is 5.91 Å². The van der Waals surface area contributed by atoms with E-state index in [1.165, 1.54) is 5.01 Å². The number of nitrogens with zero attached hydrogens (tertiary/aromatic N) is 4. The standard InChI is InChI=1S/C19H21N5O2/c1-2-3-11-19(22-23-19)12-13-20-18(26)16-9-10-17(25)24(21-16)14-15-7-5-4-6-8-15/h1,4-8H,3,9-14H2,(H,20,26). The Morgan fingerprint density at radius 3 is 2.69 bits per heavy atom. The third-order valence-corrected chi connectivity index (χ3v) is 4.41. The Morgan fingerprint density at radius 2 is 2.00 bits per heavy atom. The summed E-state index contributed by atoms with van der Waals surface area (Å²) in [4.78, 5) is 24.4. The number of benzene rings is 1. The SMILES string of the molecule is C#CCCC1(CCNC(=O)C2=NN(Cc3ccccc3)C(=O)CC2)N=N1. The van der Waals surface area contributed by atoms with Crippen LogP contribution in [0.3, 0.4) is 0 Å². The van der Waals surface area contributed by atoms with Crippen molar-refractivity contribution in [1.29, 1.82) is 0 Å². The molecule has 0 radical (unpaired) electrons. The first-order valence-corrected chi connectivity index (χ1v) is 8.69. The van der Waals surface area contributed by atoms with Crippen molar-refractivity contribution in [2.75, 3.05) is 6.54 Å². The fourth-order valence-corrected chi connectivity index (χ4v) is 2.79. The summed E-state index contributed by atoms with van der Waals surface area (Å²) >= 11 is 0. The van der Waals surface area contributed by atoms with Gasteiger partial charge in [0.05, 0.1) is 6.54 Å². The molecule has 134 valence electrons. The summed E-state index contributed by atoms with van der Waals surface area (Å²) in [6.45, 7) is 0.811. The Hall–Kier alpha value is -3.01. The third kappa shape index (κ3) is 4.54. The van der Waals surface area contributed by atoms with Crippen LogP contribution in [-0.4, -0.2) is 34.7 Å². The quantitative estimate of drug-likeness (QED) is 0.728. The largest absolute Gasteiger partial charge is 0.351 e. The monoisotopic (exact) mass is 351 g/mol. The number of hydrogen-bond acceptors (Lipinski definition) is 5. The number of hydrogen-bond donors (Lipinski definition) is 1. The summed E-state index contributed by atoms with van der Waals surface area (Å²) in [5, 5.41) is 16.6. The van der Waals surface area contributed by atoms with Gasteiger partial charge in [-0.2, -0.15) is 15.3 Å². The minimum Gasteiger partial charge on any atom is -0.351 e. The van der Waals surface area contributed by atoms with Crippen LogP contribution in [0.15, 0.2) is 45.7 Å². The van der Waals surface area contributed by atoms with Gasteiger partial charge in [0.15, 0.2) is 5.66 Å². The maximum Gasteiger partial charge on any atom is 0.267 e. The molecule has 2 aliphatic heterocycles. The van der Waals surface area contributed by atoms with E-state index >= 15 is 0 Å². The number of carbonyl (C=O) groups is 2. The summed E-state index contributed by atoms with van der Waals surface area (Å²) < 4.78 is 0. The zero-order valence-corrected chi connectivity index (χ0v) is 14.5. The van der Waals surface area contributed by atoms with E-state index in [4.69, 9.17) is 6.42 Å². The Kier molecular flexibility index (Phi) is 5.42. The number of hydrazone groups is 1. The predicted molar refractivity (Wildman–Crippen MR) is 96.9 cm³/mol. The van der Waals surface area contributed by atoms with Crippen LogP contribution in [0.1, 0.15) is 37.7 Å². The van der Waals surface area contributed by atoms with Gasteiger partial charge in [-0.1, -0.05) is 30.3 Å². The van der Waals surface area contributed by atoms with Gasteiger partial charge >= 0.3 is 0 Å². The van der Waals surface area contributed by atoms with E-state index in [1.54, 1.807) is 0 Å². The number of nitrogens with one attached hydrogen (secondary N) is 1. The van der Waals surface area contributed by atoms with Crippen molar-refractivity contribution in [1.82, 2.24) is 10.3 Å². The molecule has 1 N–H and O–H groups in total. The molecule has 1 aromatic carbocycles. The van der Waals surface area contributed by atoms with E-state index in [1.807, 2.05) is 30.3 Å². The lowest BCUT2D eigenvalue weighted by Gasteiger charge is -2.23. The van der Waals surface area contributed by atoms with Crippen molar-refractivity contribution >= 4 is 17.5 Å². The molecular formula is C19H21N5O2. The summed E-state index contributed by atoms with van der Waals surface area (Å²) in [5.74, 6) is 2.26. The van der Waals surface area contributed by atoms with Crippen molar-refractivity contribution in [3.63, 3.8) is 0 Å². The van der Waals surface area contributed by atoms with Crippen molar-refractivity contribution in [3.8, 4) is 12.3 Å². The number of rotatable bonds is 8. The molecule has 0 aliphatic carbocycles. The molecule has 1 aromatic rings. The molecule has 3 rings (SSSR count). The molecule has 7 nitrogen and oxygen atoms in total. The molecular weight excluding hydrogens is 330 g/mol. The third-order valence-electron chi connectivity index (χ3n) is 4.41. The fraction of sp³-hybridized carbons (Fsp3) is 0.421. The summed E-state index contributed by atoms with van der Waals surface area (Å²) in [7, 11) is 0. The highest BCUT2D eigenvalue weighted by Crippen LogP contribution is 2.36. The van der Waals surface area contributed by atoms with Crippen LogP contribution in [0.4, 0.5) is 0 Å². The number of amides is 2. The molecule has 0 saturated heterocycles. The highest BCUT2D eigenvalue weighted by atomic mass is 16.2. The second-order valence-corrected chi connectivity index (χ2v) is 6.38. The lowest BCUT2D eigenvalue weighted by Crippen LogP contribution is -2.39. The summed E-state index contributed by atoms with van der Waals surface area (Å²) in [6, 6.07) is 9.58. The molecule has 0 unspecified atom stereocenters. The molecule has 0 spiro atoms. The van der Waals surface area contributed by atoms with Crippen molar-refractivity contribution < 1.29 is 9.59 Å². The van der Waals surface area contributed by atoms with E-state index in [9.17, 15) is 9.59 Å². The first kappa shape index (κ1) is 17.8. The van der Waals surface area contributed by atoms with Gasteiger partial charge in [0.2, 0.25) is 5.91 Å². The minimum atomic E-state index is -0.413. The van der Waals surface area contributed by atoms with Gasteiger partial charge in [-0.15, -0.1) is 12.3 Å². The van der Waals surface area contributed by atoms with Gasteiger partial charge in [-0.25, -0.2) is 5.01 Å². The van der Waals surface area contributed by atoms with Gasteiger partial charge < -0.3 is 5.32 Å². The maximum atomic E-state index is 12.3.